The maximum Gasteiger partial charge on any atom is 0.308 e. The normalized spacial score (nSPS) is 10.9. The number of aliphatic imine (C=N–C) groups is 2. The minimum absolute atomic E-state index is 0.342. The Kier molecular flexibility index (Phi) is 7.06. The zero-order chi connectivity index (χ0) is 17.9. The first-order chi connectivity index (χ1) is 12.2. The molecule has 128 valence electrons. The molecule has 0 aliphatic heterocycles. The first-order valence-corrected chi connectivity index (χ1v) is 7.66. The molecule has 0 fully saturated rings. The van der Waals surface area contributed by atoms with Gasteiger partial charge in [0, 0.05) is 19.4 Å². The van der Waals surface area contributed by atoms with Gasteiger partial charge in [-0.3, -0.25) is 19.6 Å². The molecule has 0 atom stereocenters. The highest BCUT2D eigenvalue weighted by Gasteiger charge is 1.96. The van der Waals surface area contributed by atoms with Crippen LogP contribution in [0.25, 0.3) is 0 Å². The number of hydrogen-bond donors (Lipinski definition) is 0. The number of benzene rings is 2. The van der Waals surface area contributed by atoms with E-state index in [0.717, 1.165) is 11.1 Å². The molecule has 2 rings (SSSR count). The quantitative estimate of drug-likeness (QED) is 0.244. The van der Waals surface area contributed by atoms with Gasteiger partial charge in [0.1, 0.15) is 11.5 Å². The topological polar surface area (TPSA) is 77.3 Å². The van der Waals surface area contributed by atoms with Crippen LogP contribution < -0.4 is 9.47 Å². The molecule has 0 radical (unpaired) electrons. The van der Waals surface area contributed by atoms with Crippen LogP contribution in [0.5, 0.6) is 11.5 Å². The maximum atomic E-state index is 10.8. The Balaban J connectivity index is 1.75. The van der Waals surface area contributed by atoms with Gasteiger partial charge in [-0.2, -0.15) is 0 Å². The molecule has 0 unspecified atom stereocenters. The number of carbonyl (C=O) groups excluding carboxylic acids is 2. The summed E-state index contributed by atoms with van der Waals surface area (Å²) in [6.45, 7) is 2.89. The Bertz CT molecular complexity index is 750. The predicted octanol–water partition coefficient (Wildman–Crippen LogP) is 2.69. The SMILES string of the molecule is CC(=O)Oc1ccc(/C=N/CC/N=C/c2ccc(OC=O)cc2)cc1. The molecule has 6 heteroatoms. The van der Waals surface area contributed by atoms with Gasteiger partial charge in [0.05, 0.1) is 13.1 Å². The summed E-state index contributed by atoms with van der Waals surface area (Å²) < 4.78 is 9.68. The van der Waals surface area contributed by atoms with Crippen molar-refractivity contribution in [3.05, 3.63) is 59.7 Å². The molecule has 0 aliphatic carbocycles. The number of hydrogen-bond acceptors (Lipinski definition) is 6. The third-order valence-electron chi connectivity index (χ3n) is 3.04. The summed E-state index contributed by atoms with van der Waals surface area (Å²) in [6, 6.07) is 14.1. The number of nitrogens with zero attached hydrogens (tertiary/aromatic N) is 2. The van der Waals surface area contributed by atoms with Crippen LogP contribution in [0.1, 0.15) is 18.1 Å². The lowest BCUT2D eigenvalue weighted by Crippen LogP contribution is -2.01. The fraction of sp³-hybridized carbons (Fsp3) is 0.158. The van der Waals surface area contributed by atoms with Crippen molar-refractivity contribution in [3.8, 4) is 11.5 Å². The van der Waals surface area contributed by atoms with E-state index < -0.39 is 0 Å². The lowest BCUT2D eigenvalue weighted by atomic mass is 10.2. The number of esters is 1. The van der Waals surface area contributed by atoms with Gasteiger partial charge in [-0.05, 0) is 59.7 Å². The van der Waals surface area contributed by atoms with Crippen molar-refractivity contribution in [2.45, 2.75) is 6.92 Å². The Morgan fingerprint density at radius 1 is 0.880 bits per heavy atom. The van der Waals surface area contributed by atoms with E-state index >= 15 is 0 Å². The Hall–Kier alpha value is -3.28. The van der Waals surface area contributed by atoms with Crippen molar-refractivity contribution in [2.24, 2.45) is 9.98 Å². The molecular weight excluding hydrogens is 320 g/mol. The van der Waals surface area contributed by atoms with E-state index in [9.17, 15) is 9.59 Å². The van der Waals surface area contributed by atoms with Gasteiger partial charge in [0.15, 0.2) is 0 Å². The molecular formula is C19H18N2O4. The second-order valence-electron chi connectivity index (χ2n) is 5.02. The van der Waals surface area contributed by atoms with Crippen molar-refractivity contribution in [3.63, 3.8) is 0 Å². The molecule has 0 saturated carbocycles. The molecule has 0 saturated heterocycles. The third-order valence-corrected chi connectivity index (χ3v) is 3.04. The van der Waals surface area contributed by atoms with Crippen LogP contribution in [0.15, 0.2) is 58.5 Å². The summed E-state index contributed by atoms with van der Waals surface area (Å²) in [6.07, 6.45) is 3.49. The van der Waals surface area contributed by atoms with Crippen LogP contribution in [0, 0.1) is 0 Å². The zero-order valence-electron chi connectivity index (χ0n) is 13.8. The van der Waals surface area contributed by atoms with Crippen LogP contribution in [-0.2, 0) is 9.59 Å². The largest absolute Gasteiger partial charge is 0.429 e. The summed E-state index contributed by atoms with van der Waals surface area (Å²) in [7, 11) is 0. The average Bonchev–Trinajstić information content (AvgIpc) is 2.60. The molecule has 0 N–H and O–H groups in total. The van der Waals surface area contributed by atoms with Crippen molar-refractivity contribution >= 4 is 24.9 Å². The molecule has 0 amide bonds. The summed E-state index contributed by atoms with van der Waals surface area (Å²) in [5.74, 6) is 0.667. The molecule has 0 spiro atoms. The Morgan fingerprint density at radius 3 is 1.80 bits per heavy atom. The number of rotatable bonds is 8. The molecule has 0 bridgehead atoms. The molecule has 25 heavy (non-hydrogen) atoms. The van der Waals surface area contributed by atoms with Gasteiger partial charge in [-0.25, -0.2) is 0 Å². The van der Waals surface area contributed by atoms with Crippen molar-refractivity contribution in [2.75, 3.05) is 13.1 Å². The third kappa shape index (κ3) is 6.78. The first kappa shape index (κ1) is 18.1. The van der Waals surface area contributed by atoms with Gasteiger partial charge in [0.2, 0.25) is 0 Å². The van der Waals surface area contributed by atoms with Gasteiger partial charge in [-0.15, -0.1) is 0 Å². The molecule has 0 aliphatic rings. The highest BCUT2D eigenvalue weighted by atomic mass is 16.5. The van der Waals surface area contributed by atoms with E-state index in [2.05, 4.69) is 9.98 Å². The number of carbonyl (C=O) groups is 2. The summed E-state index contributed by atoms with van der Waals surface area (Å²) >= 11 is 0. The van der Waals surface area contributed by atoms with Crippen molar-refractivity contribution < 1.29 is 19.1 Å². The molecule has 2 aromatic rings. The van der Waals surface area contributed by atoms with E-state index in [4.69, 9.17) is 9.47 Å². The van der Waals surface area contributed by atoms with Crippen LogP contribution in [0.2, 0.25) is 0 Å². The van der Waals surface area contributed by atoms with Crippen molar-refractivity contribution in [1.29, 1.82) is 0 Å². The van der Waals surface area contributed by atoms with E-state index in [1.807, 2.05) is 24.3 Å². The van der Waals surface area contributed by atoms with Crippen LogP contribution in [0.3, 0.4) is 0 Å². The fourth-order valence-electron chi connectivity index (χ4n) is 1.93. The fourth-order valence-corrected chi connectivity index (χ4v) is 1.93. The second-order valence-corrected chi connectivity index (χ2v) is 5.02. The highest BCUT2D eigenvalue weighted by Crippen LogP contribution is 2.11. The zero-order valence-corrected chi connectivity index (χ0v) is 13.8. The Morgan fingerprint density at radius 2 is 1.36 bits per heavy atom. The maximum absolute atomic E-state index is 10.8. The van der Waals surface area contributed by atoms with Gasteiger partial charge in [-0.1, -0.05) is 0 Å². The molecule has 0 heterocycles. The van der Waals surface area contributed by atoms with E-state index in [1.165, 1.54) is 6.92 Å². The average molecular weight is 338 g/mol. The molecule has 2 aromatic carbocycles. The van der Waals surface area contributed by atoms with Crippen LogP contribution >= 0.6 is 0 Å². The second kappa shape index (κ2) is 9.77. The van der Waals surface area contributed by atoms with Gasteiger partial charge >= 0.3 is 5.97 Å². The molecule has 6 nitrogen and oxygen atoms in total. The van der Waals surface area contributed by atoms with Gasteiger partial charge < -0.3 is 9.47 Å². The monoisotopic (exact) mass is 338 g/mol. The lowest BCUT2D eigenvalue weighted by Gasteiger charge is -2.00. The van der Waals surface area contributed by atoms with E-state index in [-0.39, 0.29) is 5.97 Å². The molecule has 0 aromatic heterocycles. The van der Waals surface area contributed by atoms with Crippen LogP contribution in [0.4, 0.5) is 0 Å². The summed E-state index contributed by atoms with van der Waals surface area (Å²) in [4.78, 5) is 29.6. The van der Waals surface area contributed by atoms with E-state index in [1.54, 1.807) is 36.7 Å². The van der Waals surface area contributed by atoms with Gasteiger partial charge in [0.25, 0.3) is 6.47 Å². The first-order valence-electron chi connectivity index (χ1n) is 7.66. The minimum Gasteiger partial charge on any atom is -0.429 e. The van der Waals surface area contributed by atoms with E-state index in [0.29, 0.717) is 31.1 Å². The summed E-state index contributed by atoms with van der Waals surface area (Å²) in [5.41, 5.74) is 1.84. The smallest absolute Gasteiger partial charge is 0.308 e. The number of ether oxygens (including phenoxy) is 2. The predicted molar refractivity (Wildman–Crippen MR) is 95.8 cm³/mol. The summed E-state index contributed by atoms with van der Waals surface area (Å²) in [5, 5.41) is 0. The highest BCUT2D eigenvalue weighted by molar-refractivity contribution is 5.80. The minimum atomic E-state index is -0.342. The lowest BCUT2D eigenvalue weighted by molar-refractivity contribution is -0.131. The van der Waals surface area contributed by atoms with Crippen LogP contribution in [-0.4, -0.2) is 38.0 Å². The Labute approximate surface area is 145 Å². The standard InChI is InChI=1S/C19H18N2O4/c1-15(23)25-19-8-4-17(5-9-19)13-21-11-10-20-12-16-2-6-18(7-3-16)24-14-22/h2-9,12-14H,10-11H2,1H3/b20-12+,21-13+. The van der Waals surface area contributed by atoms with Crippen molar-refractivity contribution in [1.82, 2.24) is 0 Å².